The smallest absolute Gasteiger partial charge is 0.0471 e. The van der Waals surface area contributed by atoms with Gasteiger partial charge in [0.05, 0.1) is 0 Å². The molecule has 1 spiro atoms. The van der Waals surface area contributed by atoms with Crippen LogP contribution >= 0.6 is 0 Å². The fraction of sp³-hybridized carbons (Fsp3) is 1.00. The van der Waals surface area contributed by atoms with Crippen LogP contribution in [0.3, 0.4) is 0 Å². The third kappa shape index (κ3) is 2.83. The van der Waals surface area contributed by atoms with E-state index in [1.54, 1.807) is 0 Å². The lowest BCUT2D eigenvalue weighted by atomic mass is 9.80. The summed E-state index contributed by atoms with van der Waals surface area (Å²) in [6, 6.07) is 0. The van der Waals surface area contributed by atoms with Crippen LogP contribution in [0.5, 0.6) is 0 Å². The maximum absolute atomic E-state index is 5.51. The highest BCUT2D eigenvalue weighted by Gasteiger charge is 2.39. The van der Waals surface area contributed by atoms with Gasteiger partial charge in [0.1, 0.15) is 0 Å². The minimum absolute atomic E-state index is 0.631. The Morgan fingerprint density at radius 1 is 1.24 bits per heavy atom. The first-order chi connectivity index (χ1) is 8.36. The van der Waals surface area contributed by atoms with Crippen LogP contribution < -0.4 is 5.32 Å². The molecule has 0 bridgehead atoms. The van der Waals surface area contributed by atoms with E-state index < -0.39 is 0 Å². The molecular weight excluding hydrogens is 212 g/mol. The molecule has 0 aliphatic carbocycles. The van der Waals surface area contributed by atoms with E-state index in [4.69, 9.17) is 4.74 Å². The van der Waals surface area contributed by atoms with Crippen LogP contribution in [0.4, 0.5) is 0 Å². The van der Waals surface area contributed by atoms with Gasteiger partial charge in [-0.15, -0.1) is 0 Å². The van der Waals surface area contributed by atoms with Gasteiger partial charge in [0.25, 0.3) is 0 Å². The summed E-state index contributed by atoms with van der Waals surface area (Å²) >= 11 is 0. The molecule has 0 saturated carbocycles. The highest BCUT2D eigenvalue weighted by atomic mass is 16.5. The maximum atomic E-state index is 5.51. The van der Waals surface area contributed by atoms with Crippen molar-refractivity contribution in [3.63, 3.8) is 0 Å². The average Bonchev–Trinajstić information content (AvgIpc) is 2.98. The largest absolute Gasteiger partial charge is 0.381 e. The second-order valence-electron chi connectivity index (χ2n) is 6.29. The molecule has 3 aliphatic rings. The summed E-state index contributed by atoms with van der Waals surface area (Å²) in [5, 5.41) is 3.47. The van der Waals surface area contributed by atoms with Gasteiger partial charge in [-0.25, -0.2) is 0 Å². The molecule has 0 aromatic carbocycles. The van der Waals surface area contributed by atoms with Crippen LogP contribution in [0.1, 0.15) is 32.1 Å². The SMILES string of the molecule is C1CC(CCN2CCC3(CCOCC3)C2)CN1. The molecule has 1 unspecified atom stereocenters. The van der Waals surface area contributed by atoms with Gasteiger partial charge in [0, 0.05) is 19.8 Å². The first kappa shape index (κ1) is 11.9. The molecule has 0 aromatic heterocycles. The monoisotopic (exact) mass is 238 g/mol. The lowest BCUT2D eigenvalue weighted by Crippen LogP contribution is -2.33. The minimum atomic E-state index is 0.631. The van der Waals surface area contributed by atoms with Gasteiger partial charge in [-0.05, 0) is 69.6 Å². The van der Waals surface area contributed by atoms with Gasteiger partial charge in [0.15, 0.2) is 0 Å². The third-order valence-electron chi connectivity index (χ3n) is 5.09. The lowest BCUT2D eigenvalue weighted by Gasteiger charge is -2.33. The van der Waals surface area contributed by atoms with Crippen molar-refractivity contribution in [1.29, 1.82) is 0 Å². The Morgan fingerprint density at radius 2 is 2.12 bits per heavy atom. The van der Waals surface area contributed by atoms with Gasteiger partial charge in [-0.2, -0.15) is 0 Å². The molecule has 0 aromatic rings. The highest BCUT2D eigenvalue weighted by Crippen LogP contribution is 2.39. The van der Waals surface area contributed by atoms with Crippen LogP contribution in [0.15, 0.2) is 0 Å². The van der Waals surface area contributed by atoms with E-state index in [0.29, 0.717) is 5.41 Å². The van der Waals surface area contributed by atoms with Crippen molar-refractivity contribution in [2.75, 3.05) is 45.9 Å². The predicted molar refractivity (Wildman–Crippen MR) is 69.1 cm³/mol. The molecule has 3 rings (SSSR count). The van der Waals surface area contributed by atoms with Gasteiger partial charge in [-0.3, -0.25) is 0 Å². The molecule has 3 aliphatic heterocycles. The Kier molecular flexibility index (Phi) is 3.69. The standard InChI is InChI=1S/C14H26N2O/c1-6-15-11-13(1)2-7-16-8-3-14(12-16)4-9-17-10-5-14/h13,15H,1-12H2. The predicted octanol–water partition coefficient (Wildman–Crippen LogP) is 1.49. The van der Waals surface area contributed by atoms with Gasteiger partial charge >= 0.3 is 0 Å². The second-order valence-corrected chi connectivity index (χ2v) is 6.29. The van der Waals surface area contributed by atoms with Crippen molar-refractivity contribution >= 4 is 0 Å². The molecule has 3 nitrogen and oxygen atoms in total. The summed E-state index contributed by atoms with van der Waals surface area (Å²) < 4.78 is 5.51. The summed E-state index contributed by atoms with van der Waals surface area (Å²) in [5.74, 6) is 0.946. The third-order valence-corrected chi connectivity index (χ3v) is 5.09. The van der Waals surface area contributed by atoms with Gasteiger partial charge in [0.2, 0.25) is 0 Å². The van der Waals surface area contributed by atoms with Crippen molar-refractivity contribution in [2.45, 2.75) is 32.1 Å². The Bertz CT molecular complexity index is 245. The number of rotatable bonds is 3. The quantitative estimate of drug-likeness (QED) is 0.806. The van der Waals surface area contributed by atoms with E-state index in [2.05, 4.69) is 10.2 Å². The molecule has 3 fully saturated rings. The number of likely N-dealkylation sites (tertiary alicyclic amines) is 1. The van der Waals surface area contributed by atoms with Gasteiger partial charge in [-0.1, -0.05) is 0 Å². The summed E-state index contributed by atoms with van der Waals surface area (Å²) in [7, 11) is 0. The zero-order chi connectivity index (χ0) is 11.6. The molecule has 3 saturated heterocycles. The van der Waals surface area contributed by atoms with Crippen molar-refractivity contribution in [3.8, 4) is 0 Å². The maximum Gasteiger partial charge on any atom is 0.0471 e. The minimum Gasteiger partial charge on any atom is -0.381 e. The number of hydrogen-bond donors (Lipinski definition) is 1. The molecule has 1 atom stereocenters. The van der Waals surface area contributed by atoms with E-state index in [-0.39, 0.29) is 0 Å². The summed E-state index contributed by atoms with van der Waals surface area (Å²) in [5.41, 5.74) is 0.631. The van der Waals surface area contributed by atoms with E-state index in [0.717, 1.165) is 19.1 Å². The zero-order valence-corrected chi connectivity index (χ0v) is 10.9. The van der Waals surface area contributed by atoms with Crippen molar-refractivity contribution in [3.05, 3.63) is 0 Å². The van der Waals surface area contributed by atoms with Crippen LogP contribution in [0, 0.1) is 11.3 Å². The zero-order valence-electron chi connectivity index (χ0n) is 10.9. The van der Waals surface area contributed by atoms with Crippen molar-refractivity contribution in [1.82, 2.24) is 10.2 Å². The molecule has 3 heteroatoms. The Balaban J connectivity index is 1.43. The van der Waals surface area contributed by atoms with Gasteiger partial charge < -0.3 is 15.0 Å². The molecule has 17 heavy (non-hydrogen) atoms. The molecule has 3 heterocycles. The average molecular weight is 238 g/mol. The summed E-state index contributed by atoms with van der Waals surface area (Å²) in [4.78, 5) is 2.71. The molecule has 1 N–H and O–H groups in total. The number of nitrogens with zero attached hydrogens (tertiary/aromatic N) is 1. The molecular formula is C14H26N2O. The molecule has 0 amide bonds. The van der Waals surface area contributed by atoms with E-state index in [1.165, 1.54) is 64.8 Å². The van der Waals surface area contributed by atoms with Crippen LogP contribution in [-0.4, -0.2) is 50.8 Å². The molecule has 98 valence electrons. The Morgan fingerprint density at radius 3 is 2.88 bits per heavy atom. The van der Waals surface area contributed by atoms with Crippen molar-refractivity contribution in [2.24, 2.45) is 11.3 Å². The fourth-order valence-corrected chi connectivity index (χ4v) is 3.76. The van der Waals surface area contributed by atoms with E-state index in [9.17, 15) is 0 Å². The van der Waals surface area contributed by atoms with Crippen LogP contribution in [0.25, 0.3) is 0 Å². The first-order valence-corrected chi connectivity index (χ1v) is 7.37. The normalized spacial score (nSPS) is 33.5. The second kappa shape index (κ2) is 5.25. The van der Waals surface area contributed by atoms with E-state index in [1.807, 2.05) is 0 Å². The highest BCUT2D eigenvalue weighted by molar-refractivity contribution is 4.91. The number of nitrogens with one attached hydrogen (secondary N) is 1. The number of hydrogen-bond acceptors (Lipinski definition) is 3. The Labute approximate surface area is 105 Å². The Hall–Kier alpha value is -0.120. The summed E-state index contributed by atoms with van der Waals surface area (Å²) in [6.45, 7) is 8.51. The molecule has 0 radical (unpaired) electrons. The fourth-order valence-electron chi connectivity index (χ4n) is 3.76. The van der Waals surface area contributed by atoms with Crippen LogP contribution in [0.2, 0.25) is 0 Å². The first-order valence-electron chi connectivity index (χ1n) is 7.37. The lowest BCUT2D eigenvalue weighted by molar-refractivity contribution is 0.0192. The van der Waals surface area contributed by atoms with Crippen molar-refractivity contribution < 1.29 is 4.74 Å². The topological polar surface area (TPSA) is 24.5 Å². The number of ether oxygens (including phenoxy) is 1. The van der Waals surface area contributed by atoms with E-state index >= 15 is 0 Å². The summed E-state index contributed by atoms with van der Waals surface area (Å²) in [6.07, 6.45) is 6.81. The van der Waals surface area contributed by atoms with Crippen LogP contribution in [-0.2, 0) is 4.74 Å².